The van der Waals surface area contributed by atoms with Gasteiger partial charge in [0.05, 0.1) is 5.56 Å². The molecule has 0 N–H and O–H groups in total. The number of hydrogen-bond acceptors (Lipinski definition) is 2. The van der Waals surface area contributed by atoms with Crippen LogP contribution in [0.15, 0.2) is 18.2 Å². The summed E-state index contributed by atoms with van der Waals surface area (Å²) in [5.74, 6) is -0.207. The van der Waals surface area contributed by atoms with Crippen molar-refractivity contribution < 1.29 is 18.0 Å². The molecule has 1 nitrogen and oxygen atoms in total. The number of halogens is 3. The van der Waals surface area contributed by atoms with Crippen LogP contribution < -0.4 is 0 Å². The highest BCUT2D eigenvalue weighted by Crippen LogP contribution is 2.47. The van der Waals surface area contributed by atoms with E-state index in [2.05, 4.69) is 0 Å². The lowest BCUT2D eigenvalue weighted by molar-refractivity contribution is -0.138. The molecule has 114 valence electrons. The number of carbonyl (C=O) groups excluding carboxylic acids is 1. The number of alkyl halides is 3. The van der Waals surface area contributed by atoms with Crippen molar-refractivity contribution in [2.45, 2.75) is 49.3 Å². The molecule has 0 radical (unpaired) electrons. The van der Waals surface area contributed by atoms with E-state index in [4.69, 9.17) is 0 Å². The van der Waals surface area contributed by atoms with E-state index in [-0.39, 0.29) is 22.8 Å². The molecule has 0 amide bonds. The first-order chi connectivity index (χ1) is 9.86. The van der Waals surface area contributed by atoms with Crippen molar-refractivity contribution in [1.29, 1.82) is 0 Å². The van der Waals surface area contributed by atoms with Gasteiger partial charge in [-0.05, 0) is 44.2 Å². The number of thioether (sulfide) groups is 1. The Labute approximate surface area is 126 Å². The van der Waals surface area contributed by atoms with Crippen LogP contribution >= 0.6 is 11.8 Å². The second-order valence-electron chi connectivity index (χ2n) is 5.97. The van der Waals surface area contributed by atoms with Crippen LogP contribution in [-0.4, -0.2) is 16.3 Å². The maximum Gasteiger partial charge on any atom is 0.416 e. The normalized spacial score (nSPS) is 28.7. The van der Waals surface area contributed by atoms with E-state index >= 15 is 0 Å². The lowest BCUT2D eigenvalue weighted by Crippen LogP contribution is -2.26. The minimum Gasteiger partial charge on any atom is -0.294 e. The molecule has 2 aliphatic rings. The zero-order chi connectivity index (χ0) is 15.2. The molecule has 2 unspecified atom stereocenters. The van der Waals surface area contributed by atoms with Gasteiger partial charge >= 0.3 is 6.18 Å². The van der Waals surface area contributed by atoms with Crippen LogP contribution in [0.4, 0.5) is 13.2 Å². The summed E-state index contributed by atoms with van der Waals surface area (Å²) in [5.41, 5.74) is -0.372. The largest absolute Gasteiger partial charge is 0.416 e. The summed E-state index contributed by atoms with van der Waals surface area (Å²) in [6.45, 7) is 1.41. The molecule has 2 atom stereocenters. The Bertz CT molecular complexity index is 555. The van der Waals surface area contributed by atoms with Crippen molar-refractivity contribution in [3.63, 3.8) is 0 Å². The van der Waals surface area contributed by atoms with Gasteiger partial charge in [-0.25, -0.2) is 0 Å². The predicted octanol–water partition coefficient (Wildman–Crippen LogP) is 4.87. The van der Waals surface area contributed by atoms with Gasteiger partial charge in [0.2, 0.25) is 0 Å². The molecule has 3 rings (SSSR count). The molecule has 21 heavy (non-hydrogen) atoms. The van der Waals surface area contributed by atoms with Gasteiger partial charge in [0.1, 0.15) is 0 Å². The summed E-state index contributed by atoms with van der Waals surface area (Å²) in [7, 11) is 0. The van der Waals surface area contributed by atoms with E-state index in [9.17, 15) is 18.0 Å². The quantitative estimate of drug-likeness (QED) is 0.724. The van der Waals surface area contributed by atoms with Crippen molar-refractivity contribution in [2.24, 2.45) is 5.92 Å². The Morgan fingerprint density at radius 3 is 2.38 bits per heavy atom. The first-order valence-corrected chi connectivity index (χ1v) is 8.17. The summed E-state index contributed by atoms with van der Waals surface area (Å²) >= 11 is 1.95. The fourth-order valence-corrected chi connectivity index (χ4v) is 5.28. The summed E-state index contributed by atoms with van der Waals surface area (Å²) in [6.07, 6.45) is -0.492. The Hall–Kier alpha value is -0.970. The Kier molecular flexibility index (Phi) is 3.80. The van der Waals surface area contributed by atoms with Gasteiger partial charge in [0.25, 0.3) is 0 Å². The fourth-order valence-electron chi connectivity index (χ4n) is 3.50. The smallest absolute Gasteiger partial charge is 0.294 e. The van der Waals surface area contributed by atoms with Crippen LogP contribution in [0.3, 0.4) is 0 Å². The second-order valence-corrected chi connectivity index (χ2v) is 7.57. The third-order valence-electron chi connectivity index (χ3n) is 4.57. The Balaban J connectivity index is 1.88. The molecule has 0 spiro atoms. The van der Waals surface area contributed by atoms with Crippen LogP contribution in [0, 0.1) is 12.8 Å². The highest BCUT2D eigenvalue weighted by Gasteiger charge is 2.39. The first kappa shape index (κ1) is 14.9. The summed E-state index contributed by atoms with van der Waals surface area (Å²) in [6, 6.07) is 3.93. The Morgan fingerprint density at radius 1 is 1.19 bits per heavy atom. The van der Waals surface area contributed by atoms with Gasteiger partial charge in [-0.1, -0.05) is 12.1 Å². The zero-order valence-electron chi connectivity index (χ0n) is 11.7. The maximum absolute atomic E-state index is 13.0. The summed E-state index contributed by atoms with van der Waals surface area (Å²) < 4.78 is 38.9. The number of ketones is 1. The van der Waals surface area contributed by atoms with E-state index in [1.165, 1.54) is 19.1 Å². The van der Waals surface area contributed by atoms with E-state index in [1.807, 2.05) is 11.8 Å². The lowest BCUT2D eigenvalue weighted by Gasteiger charge is -2.27. The number of carbonyl (C=O) groups is 1. The molecular formula is C16H17F3OS. The van der Waals surface area contributed by atoms with Crippen molar-refractivity contribution in [3.8, 4) is 0 Å². The number of rotatable bonds is 2. The highest BCUT2D eigenvalue weighted by molar-refractivity contribution is 8.00. The maximum atomic E-state index is 13.0. The van der Waals surface area contributed by atoms with Gasteiger partial charge in [0, 0.05) is 22.0 Å². The molecule has 5 heteroatoms. The molecule has 2 saturated heterocycles. The van der Waals surface area contributed by atoms with Crippen LogP contribution in [0.1, 0.15) is 47.2 Å². The number of Topliss-reactive ketones (excluding diaryl/α,β-unsaturated/α-hetero) is 1. The molecule has 0 aliphatic carbocycles. The number of hydrogen-bond donors (Lipinski definition) is 0. The number of fused-ring (bicyclic) bond motifs is 2. The molecule has 2 bridgehead atoms. The SMILES string of the molecule is Cc1c(C(=O)C2CC3CCC(C2)S3)cccc1C(F)(F)F. The van der Waals surface area contributed by atoms with Gasteiger partial charge < -0.3 is 0 Å². The van der Waals surface area contributed by atoms with Crippen LogP contribution in [0.5, 0.6) is 0 Å². The standard InChI is InChI=1S/C16H17F3OS/c1-9-13(3-2-4-14(9)16(17,18)19)15(20)10-7-11-5-6-12(8-10)21-11/h2-4,10-12H,5-8H2,1H3. The summed E-state index contributed by atoms with van der Waals surface area (Å²) in [4.78, 5) is 12.6. The van der Waals surface area contributed by atoms with Gasteiger partial charge in [-0.3, -0.25) is 4.79 Å². The molecular weight excluding hydrogens is 297 g/mol. The monoisotopic (exact) mass is 314 g/mol. The van der Waals surface area contributed by atoms with E-state index in [0.717, 1.165) is 31.7 Å². The van der Waals surface area contributed by atoms with Crippen molar-refractivity contribution in [1.82, 2.24) is 0 Å². The van der Waals surface area contributed by atoms with E-state index < -0.39 is 11.7 Å². The van der Waals surface area contributed by atoms with Crippen LogP contribution in [0.2, 0.25) is 0 Å². The second kappa shape index (κ2) is 5.34. The van der Waals surface area contributed by atoms with Crippen molar-refractivity contribution in [3.05, 3.63) is 34.9 Å². The Morgan fingerprint density at radius 2 is 1.81 bits per heavy atom. The van der Waals surface area contributed by atoms with Crippen molar-refractivity contribution >= 4 is 17.5 Å². The number of benzene rings is 1. The zero-order valence-corrected chi connectivity index (χ0v) is 12.6. The van der Waals surface area contributed by atoms with E-state index in [1.54, 1.807) is 0 Å². The topological polar surface area (TPSA) is 17.1 Å². The molecule has 0 saturated carbocycles. The third kappa shape index (κ3) is 2.85. The summed E-state index contributed by atoms with van der Waals surface area (Å²) in [5, 5.41) is 1.03. The molecule has 2 fully saturated rings. The lowest BCUT2D eigenvalue weighted by atomic mass is 9.87. The molecule has 2 aliphatic heterocycles. The molecule has 1 aromatic carbocycles. The van der Waals surface area contributed by atoms with Crippen molar-refractivity contribution in [2.75, 3.05) is 0 Å². The van der Waals surface area contributed by atoms with E-state index in [0.29, 0.717) is 10.5 Å². The molecule has 1 aromatic rings. The van der Waals surface area contributed by atoms with Crippen LogP contribution in [0.25, 0.3) is 0 Å². The minimum atomic E-state index is -4.40. The van der Waals surface area contributed by atoms with Gasteiger partial charge in [-0.15, -0.1) is 0 Å². The van der Waals surface area contributed by atoms with Gasteiger partial charge in [-0.2, -0.15) is 24.9 Å². The predicted molar refractivity (Wildman–Crippen MR) is 77.6 cm³/mol. The van der Waals surface area contributed by atoms with Crippen LogP contribution in [-0.2, 0) is 6.18 Å². The molecule has 0 aromatic heterocycles. The average Bonchev–Trinajstić information content (AvgIpc) is 2.75. The highest BCUT2D eigenvalue weighted by atomic mass is 32.2. The fraction of sp³-hybridized carbons (Fsp3) is 0.562. The average molecular weight is 314 g/mol. The molecule has 2 heterocycles. The third-order valence-corrected chi connectivity index (χ3v) is 6.19. The first-order valence-electron chi connectivity index (χ1n) is 7.22. The minimum absolute atomic E-state index is 0.0700. The van der Waals surface area contributed by atoms with Gasteiger partial charge in [0.15, 0.2) is 5.78 Å².